The molecular weight excluding hydrogens is 318 g/mol. The molecule has 120 valence electrons. The molecule has 0 saturated heterocycles. The van der Waals surface area contributed by atoms with Gasteiger partial charge in [-0.25, -0.2) is 4.79 Å². The number of hydrogen-bond donors (Lipinski definition) is 1. The number of ether oxygens (including phenoxy) is 2. The zero-order chi connectivity index (χ0) is 16.8. The molecule has 5 nitrogen and oxygen atoms in total. The fraction of sp³-hybridized carbons (Fsp3) is 0.176. The van der Waals surface area contributed by atoms with Crippen LogP contribution in [0.5, 0.6) is 5.75 Å². The highest BCUT2D eigenvalue weighted by atomic mass is 35.5. The summed E-state index contributed by atoms with van der Waals surface area (Å²) in [6, 6.07) is 13.4. The third-order valence-electron chi connectivity index (χ3n) is 3.08. The first kappa shape index (κ1) is 16.8. The molecule has 0 aliphatic carbocycles. The number of benzene rings is 2. The van der Waals surface area contributed by atoms with Crippen LogP contribution < -0.4 is 10.1 Å². The van der Waals surface area contributed by atoms with Crippen molar-refractivity contribution in [3.05, 3.63) is 59.1 Å². The van der Waals surface area contributed by atoms with Gasteiger partial charge in [0.15, 0.2) is 6.10 Å². The van der Waals surface area contributed by atoms with E-state index < -0.39 is 12.1 Å². The lowest BCUT2D eigenvalue weighted by Crippen LogP contribution is -2.24. The van der Waals surface area contributed by atoms with E-state index in [9.17, 15) is 9.59 Å². The first-order valence-corrected chi connectivity index (χ1v) is 7.29. The molecule has 0 spiro atoms. The molecule has 6 heteroatoms. The lowest BCUT2D eigenvalue weighted by Gasteiger charge is -2.12. The first-order valence-electron chi connectivity index (χ1n) is 6.91. The molecule has 23 heavy (non-hydrogen) atoms. The van der Waals surface area contributed by atoms with E-state index in [1.807, 2.05) is 0 Å². The fourth-order valence-electron chi connectivity index (χ4n) is 1.86. The quantitative estimate of drug-likeness (QED) is 0.850. The Kier molecular flexibility index (Phi) is 5.60. The van der Waals surface area contributed by atoms with Crippen LogP contribution in [0.1, 0.15) is 17.3 Å². The maximum Gasteiger partial charge on any atom is 0.346 e. The molecule has 2 aromatic carbocycles. The van der Waals surface area contributed by atoms with Crippen molar-refractivity contribution in [1.82, 2.24) is 0 Å². The molecule has 0 aromatic heterocycles. The van der Waals surface area contributed by atoms with Gasteiger partial charge >= 0.3 is 5.97 Å². The van der Waals surface area contributed by atoms with Crippen LogP contribution in [0.3, 0.4) is 0 Å². The molecule has 0 unspecified atom stereocenters. The molecule has 1 amide bonds. The van der Waals surface area contributed by atoms with Gasteiger partial charge in [0.2, 0.25) is 0 Å². The Morgan fingerprint density at radius 2 is 1.74 bits per heavy atom. The smallest absolute Gasteiger partial charge is 0.346 e. The van der Waals surface area contributed by atoms with Gasteiger partial charge in [0, 0.05) is 5.56 Å². The highest BCUT2D eigenvalue weighted by Gasteiger charge is 2.15. The summed E-state index contributed by atoms with van der Waals surface area (Å²) < 4.78 is 9.99. The monoisotopic (exact) mass is 333 g/mol. The van der Waals surface area contributed by atoms with Gasteiger partial charge in [-0.05, 0) is 43.3 Å². The summed E-state index contributed by atoms with van der Waals surface area (Å²) in [5.74, 6) is -0.284. The Hall–Kier alpha value is -2.53. The SMILES string of the molecule is COC(=O)[C@H](C)Oc1ccc(C(=O)Nc2ccccc2Cl)cc1. The lowest BCUT2D eigenvalue weighted by atomic mass is 10.2. The fourth-order valence-corrected chi connectivity index (χ4v) is 2.04. The van der Waals surface area contributed by atoms with E-state index in [-0.39, 0.29) is 5.91 Å². The van der Waals surface area contributed by atoms with Crippen molar-refractivity contribution in [1.29, 1.82) is 0 Å². The number of hydrogen-bond acceptors (Lipinski definition) is 4. The Bertz CT molecular complexity index is 700. The highest BCUT2D eigenvalue weighted by molar-refractivity contribution is 6.33. The summed E-state index contributed by atoms with van der Waals surface area (Å²) in [6.45, 7) is 1.59. The van der Waals surface area contributed by atoms with Crippen molar-refractivity contribution < 1.29 is 19.1 Å². The Morgan fingerprint density at radius 3 is 2.35 bits per heavy atom. The Morgan fingerprint density at radius 1 is 1.09 bits per heavy atom. The van der Waals surface area contributed by atoms with Crippen LogP contribution in [0.15, 0.2) is 48.5 Å². The lowest BCUT2D eigenvalue weighted by molar-refractivity contribution is -0.147. The normalized spacial score (nSPS) is 11.4. The second-order valence-corrected chi connectivity index (χ2v) is 5.15. The van der Waals surface area contributed by atoms with Crippen LogP contribution in [0, 0.1) is 0 Å². The molecular formula is C17H16ClNO4. The predicted octanol–water partition coefficient (Wildman–Crippen LogP) is 3.53. The summed E-state index contributed by atoms with van der Waals surface area (Å²) in [7, 11) is 1.30. The summed E-state index contributed by atoms with van der Waals surface area (Å²) in [4.78, 5) is 23.5. The summed E-state index contributed by atoms with van der Waals surface area (Å²) in [5.41, 5.74) is 0.988. The number of methoxy groups -OCH3 is 1. The molecule has 0 saturated carbocycles. The van der Waals surface area contributed by atoms with Gasteiger partial charge in [-0.3, -0.25) is 4.79 Å². The molecule has 0 fully saturated rings. The summed E-state index contributed by atoms with van der Waals surface area (Å²) >= 11 is 6.00. The van der Waals surface area contributed by atoms with Gasteiger partial charge in [-0.15, -0.1) is 0 Å². The Balaban J connectivity index is 2.03. The number of para-hydroxylation sites is 1. The molecule has 1 atom stereocenters. The number of rotatable bonds is 5. The van der Waals surface area contributed by atoms with Crippen molar-refractivity contribution in [2.45, 2.75) is 13.0 Å². The van der Waals surface area contributed by atoms with E-state index in [1.165, 1.54) is 7.11 Å². The second-order valence-electron chi connectivity index (χ2n) is 4.74. The maximum atomic E-state index is 12.2. The van der Waals surface area contributed by atoms with Crippen molar-refractivity contribution in [3.63, 3.8) is 0 Å². The highest BCUT2D eigenvalue weighted by Crippen LogP contribution is 2.22. The molecule has 1 N–H and O–H groups in total. The molecule has 2 aromatic rings. The van der Waals surface area contributed by atoms with Gasteiger partial charge in [-0.2, -0.15) is 0 Å². The standard InChI is InChI=1S/C17H16ClNO4/c1-11(17(21)22-2)23-13-9-7-12(8-10-13)16(20)19-15-6-4-3-5-14(15)18/h3-11H,1-2H3,(H,19,20)/t11-/m0/s1. The predicted molar refractivity (Wildman–Crippen MR) is 88.0 cm³/mol. The third kappa shape index (κ3) is 4.47. The van der Waals surface area contributed by atoms with Crippen molar-refractivity contribution in [2.75, 3.05) is 12.4 Å². The largest absolute Gasteiger partial charge is 0.479 e. The van der Waals surface area contributed by atoms with Gasteiger partial charge in [0.05, 0.1) is 17.8 Å². The van der Waals surface area contributed by atoms with E-state index in [1.54, 1.807) is 55.5 Å². The van der Waals surface area contributed by atoms with Gasteiger partial charge < -0.3 is 14.8 Å². The van der Waals surface area contributed by atoms with Crippen LogP contribution >= 0.6 is 11.6 Å². The molecule has 0 aliphatic heterocycles. The van der Waals surface area contributed by atoms with Crippen molar-refractivity contribution in [3.8, 4) is 5.75 Å². The number of halogens is 1. The van der Waals surface area contributed by atoms with Gasteiger partial charge in [0.25, 0.3) is 5.91 Å². The minimum Gasteiger partial charge on any atom is -0.479 e. The molecule has 0 bridgehead atoms. The Labute approximate surface area is 139 Å². The maximum absolute atomic E-state index is 12.2. The van der Waals surface area contributed by atoms with Crippen LogP contribution in [-0.4, -0.2) is 25.1 Å². The van der Waals surface area contributed by atoms with E-state index in [0.717, 1.165) is 0 Å². The van der Waals surface area contributed by atoms with Gasteiger partial charge in [-0.1, -0.05) is 23.7 Å². The number of carbonyl (C=O) groups is 2. The molecule has 0 aliphatic rings. The summed E-state index contributed by atoms with van der Waals surface area (Å²) in [5, 5.41) is 3.19. The van der Waals surface area contributed by atoms with Crippen LogP contribution in [-0.2, 0) is 9.53 Å². The molecule has 2 rings (SSSR count). The van der Waals surface area contributed by atoms with Crippen LogP contribution in [0.25, 0.3) is 0 Å². The van der Waals surface area contributed by atoms with Crippen LogP contribution in [0.2, 0.25) is 5.02 Å². The van der Waals surface area contributed by atoms with E-state index in [0.29, 0.717) is 22.0 Å². The number of anilines is 1. The van der Waals surface area contributed by atoms with Gasteiger partial charge in [0.1, 0.15) is 5.75 Å². The average molecular weight is 334 g/mol. The molecule has 0 radical (unpaired) electrons. The van der Waals surface area contributed by atoms with Crippen molar-refractivity contribution >= 4 is 29.2 Å². The number of amides is 1. The van der Waals surface area contributed by atoms with E-state index >= 15 is 0 Å². The first-order chi connectivity index (χ1) is 11.0. The van der Waals surface area contributed by atoms with E-state index in [4.69, 9.17) is 16.3 Å². The van der Waals surface area contributed by atoms with Crippen molar-refractivity contribution in [2.24, 2.45) is 0 Å². The molecule has 0 heterocycles. The van der Waals surface area contributed by atoms with Crippen LogP contribution in [0.4, 0.5) is 5.69 Å². The number of esters is 1. The topological polar surface area (TPSA) is 64.6 Å². The second kappa shape index (κ2) is 7.65. The summed E-state index contributed by atoms with van der Waals surface area (Å²) in [6.07, 6.45) is -0.720. The minimum absolute atomic E-state index is 0.286. The third-order valence-corrected chi connectivity index (χ3v) is 3.41. The average Bonchev–Trinajstić information content (AvgIpc) is 2.56. The van der Waals surface area contributed by atoms with E-state index in [2.05, 4.69) is 10.1 Å². The number of carbonyl (C=O) groups excluding carboxylic acids is 2. The minimum atomic E-state index is -0.720. The zero-order valence-electron chi connectivity index (χ0n) is 12.7. The zero-order valence-corrected chi connectivity index (χ0v) is 13.5. The number of nitrogens with one attached hydrogen (secondary N) is 1.